The number of aliphatic hydroxyl groups excluding tert-OH is 1. The summed E-state index contributed by atoms with van der Waals surface area (Å²) in [5.74, 6) is 4.63. The van der Waals surface area contributed by atoms with E-state index >= 15 is 0 Å². The van der Waals surface area contributed by atoms with Gasteiger partial charge in [0.15, 0.2) is 29.2 Å². The molecule has 1 aromatic rings. The molecule has 5 unspecified atom stereocenters. The Labute approximate surface area is 806 Å². The molecule has 17 rings (SSSR count). The number of halogens is 2. The van der Waals surface area contributed by atoms with Gasteiger partial charge in [-0.3, -0.25) is 10.1 Å². The number of benzene rings is 1. The molecule has 0 aromatic heterocycles. The first-order chi connectivity index (χ1) is 61.4. The minimum absolute atomic E-state index is 0. The van der Waals surface area contributed by atoms with Crippen molar-refractivity contribution in [3.05, 3.63) is 34.4 Å². The van der Waals surface area contributed by atoms with Gasteiger partial charge in [-0.15, -0.1) is 0 Å². The number of nitro groups is 1. The van der Waals surface area contributed by atoms with E-state index in [9.17, 15) is 34.4 Å². The second kappa shape index (κ2) is 39.4. The third-order valence-electron chi connectivity index (χ3n) is 39.6. The Hall–Kier alpha value is -3.49. The molecule has 28 atom stereocenters. The van der Waals surface area contributed by atoms with Crippen LogP contribution in [-0.2, 0) is 51.5 Å². The average molecular weight is 1930 g/mol. The van der Waals surface area contributed by atoms with Crippen molar-refractivity contribution in [3.63, 3.8) is 0 Å². The molecule has 28 heteroatoms. The summed E-state index contributed by atoms with van der Waals surface area (Å²) < 4.78 is 79.3. The van der Waals surface area contributed by atoms with Crippen LogP contribution < -0.4 is 22.5 Å². The monoisotopic (exact) mass is 1920 g/mol. The van der Waals surface area contributed by atoms with Gasteiger partial charge in [-0.1, -0.05) is 138 Å². The zero-order chi connectivity index (χ0) is 95.5. The van der Waals surface area contributed by atoms with Gasteiger partial charge in [0.1, 0.15) is 23.1 Å². The number of nitro benzene ring substituents is 1. The van der Waals surface area contributed by atoms with Crippen LogP contribution in [0.5, 0.6) is 5.75 Å². The van der Waals surface area contributed by atoms with Crippen molar-refractivity contribution in [1.82, 2.24) is 14.7 Å². The number of hydrogen-bond acceptors (Lipinski definition) is 19. The van der Waals surface area contributed by atoms with Crippen molar-refractivity contribution in [2.45, 2.75) is 417 Å². The van der Waals surface area contributed by atoms with Crippen LogP contribution in [0.2, 0.25) is 36.3 Å². The van der Waals surface area contributed by atoms with E-state index in [0.29, 0.717) is 108 Å². The molecule has 16 aliphatic rings. The Balaban J connectivity index is 0.000000189. The number of amides is 3. The molecule has 0 bridgehead atoms. The number of rotatable bonds is 21. The quantitative estimate of drug-likeness (QED) is 0.0381. The average Bonchev–Trinajstić information content (AvgIpc) is 1.46. The van der Waals surface area contributed by atoms with Gasteiger partial charge in [0.25, 0.3) is 5.69 Å². The Morgan fingerprint density at radius 2 is 0.939 bits per heavy atom. The van der Waals surface area contributed by atoms with Gasteiger partial charge >= 0.3 is 23.7 Å². The van der Waals surface area contributed by atoms with Crippen LogP contribution in [0.15, 0.2) is 24.3 Å². The normalized spacial score (nSPS) is 40.4. The SMILES string of the molecule is C1C[NH2+]C1.CC[Si](CC)(CC)O[C@H]1[C@H]2O[C@@H](C(OC(=O)N3CCC3)C(C)C)C[C@@H](C)[C@@H]2[C@@]2(C)CC[C@@]34CC35CCC(O[C@H]3CN(C(=O)OC(C)(C)C)CCO3)C(C)(C)[C@@H]5CC[C@H]4[C@]12C.CC[Si](CC)(CC)O[C@H]1[C@H]2O[C@@H]([C@H](O)C(C)C)C[C@@H](C)[C@@H]2[C@@]2(C)CC[C@@]34CC35CCC(O[C@H]3CN(C(=O)OC(C)(C)C)CCO3)C(C)(C)[C@@H]5CC[C@H]4[C@]12C.O=C(Cl)Oc1ccc([N+](=O)[O-])cc1.[Cl-]. The molecule has 132 heavy (non-hydrogen) atoms. The highest BCUT2D eigenvalue weighted by molar-refractivity contribution is 6.74. The standard InChI is InChI=1S/C49H84N2O8Si.C45H79NO7Si.C7H4ClNO4.C3H7N.ClH/c1-14-60(15-2,16-3)59-41-40-38(32(6)28-33(55-40)39(31(4)5)57-42(52)50-24-17-25-50)46(12)22-23-49-30-48(49)21-20-36(45(10,11)34(48)18-19-35(49)47(41,46)13)56-37-29-51(26-27-54-37)43(53)58-44(7,8)9;1-14-54(15-2,16-3)53-38-37-35(29(6)25-30(50-37)36(47)28(4)5)42(12)21-22-45-27-44(45)20-19-33(41(10,11)31(44)17-18-32(45)43(38,42)13)51-34-26-46(23-24-49-34)39(48)52-40(7,8)9;8-7(10)13-6-3-1-5(2-4-6)9(11)12;1-2-4-3-1;/h31-41H,14-30H2,1-13H3;28-38,47H,14-27H2,1-13H3;1-4H;4H,1-3H2;1H/t32-,33-,34+,35+,36?,37+,38+,39?,40+,41+,46-,47-,48?,49+;29-,30-,31+,32+,33?,34+,35+,36-,37+,38+,42-,43-,44?,45+;;;/m11.../s1. The molecule has 6 aliphatic heterocycles. The minimum Gasteiger partial charge on any atom is -1.00 e. The summed E-state index contributed by atoms with van der Waals surface area (Å²) in [4.78, 5) is 64.6. The number of non-ortho nitro benzene ring substituents is 1. The van der Waals surface area contributed by atoms with E-state index < -0.39 is 56.9 Å². The van der Waals surface area contributed by atoms with Gasteiger partial charge in [0.2, 0.25) is 0 Å². The Kier molecular flexibility index (Phi) is 31.6. The van der Waals surface area contributed by atoms with Gasteiger partial charge < -0.3 is 93.8 Å². The molecule has 24 nitrogen and oxygen atoms in total. The Morgan fingerprint density at radius 1 is 0.553 bits per heavy atom. The Bertz CT molecular complexity index is 4140. The lowest BCUT2D eigenvalue weighted by Crippen LogP contribution is -3.00. The van der Waals surface area contributed by atoms with Crippen molar-refractivity contribution >= 4 is 57.6 Å². The number of ether oxygens (including phenoxy) is 10. The molecule has 1 aromatic carbocycles. The summed E-state index contributed by atoms with van der Waals surface area (Å²) in [6.07, 6.45) is 19.2. The summed E-state index contributed by atoms with van der Waals surface area (Å²) in [5, 5.41) is 24.0. The van der Waals surface area contributed by atoms with Gasteiger partial charge in [0, 0.05) is 67.2 Å². The van der Waals surface area contributed by atoms with Crippen molar-refractivity contribution in [3.8, 4) is 5.75 Å². The Morgan fingerprint density at radius 3 is 1.29 bits per heavy atom. The summed E-state index contributed by atoms with van der Waals surface area (Å²) >= 11 is 4.92. The van der Waals surface area contributed by atoms with E-state index in [-0.39, 0.29) is 141 Å². The van der Waals surface area contributed by atoms with Crippen LogP contribution in [0, 0.1) is 123 Å². The molecule has 3 N–H and O–H groups in total. The summed E-state index contributed by atoms with van der Waals surface area (Å²) in [6.45, 7) is 67.2. The van der Waals surface area contributed by atoms with Crippen molar-refractivity contribution in [2.75, 3.05) is 65.6 Å². The highest BCUT2D eigenvalue weighted by atomic mass is 35.5. The van der Waals surface area contributed by atoms with E-state index in [1.807, 2.05) is 46.4 Å². The molecular weight excluding hydrogens is 1750 g/mol. The van der Waals surface area contributed by atoms with Crippen LogP contribution >= 0.6 is 11.6 Å². The van der Waals surface area contributed by atoms with E-state index in [1.165, 1.54) is 121 Å². The molecular formula is C104H175Cl2N5O19Si2. The number of nitrogens with zero attached hydrogens (tertiary/aromatic N) is 4. The fraction of sp³-hybridized carbons (Fsp3) is 0.904. The lowest BCUT2D eigenvalue weighted by atomic mass is 9.41. The molecule has 752 valence electrons. The van der Waals surface area contributed by atoms with Crippen LogP contribution in [-0.4, -0.2) is 215 Å². The lowest BCUT2D eigenvalue weighted by Gasteiger charge is -2.64. The lowest BCUT2D eigenvalue weighted by molar-refractivity contribution is -0.705. The van der Waals surface area contributed by atoms with Crippen LogP contribution in [0.3, 0.4) is 0 Å². The highest BCUT2D eigenvalue weighted by Gasteiger charge is 2.88. The number of morpholine rings is 2. The molecule has 10 aliphatic carbocycles. The fourth-order valence-corrected chi connectivity index (χ4v) is 37.8. The first-order valence-electron chi connectivity index (χ1n) is 52.2. The zero-order valence-electron chi connectivity index (χ0n) is 86.0. The molecule has 0 radical (unpaired) electrons. The molecule has 6 heterocycles. The third kappa shape index (κ3) is 18.7. The third-order valence-corrected chi connectivity index (χ3v) is 48.9. The maximum absolute atomic E-state index is 13.3. The first-order valence-corrected chi connectivity index (χ1v) is 57.6. The van der Waals surface area contributed by atoms with Gasteiger partial charge in [0.05, 0.1) is 99.3 Å². The van der Waals surface area contributed by atoms with Crippen LogP contribution in [0.1, 0.15) is 296 Å². The number of likely N-dealkylation sites (tertiary alicyclic amines) is 1. The second-order valence-corrected chi connectivity index (χ2v) is 58.7. The number of aliphatic hydroxyl groups is 1. The second-order valence-electron chi connectivity index (χ2n) is 49.0. The minimum atomic E-state index is -2.06. The fourth-order valence-electron chi connectivity index (χ4n) is 31.8. The smallest absolute Gasteiger partial charge is 0.410 e. The number of carbonyl (C=O) groups is 4. The van der Waals surface area contributed by atoms with Crippen molar-refractivity contribution < 1.29 is 103 Å². The van der Waals surface area contributed by atoms with Gasteiger partial charge in [-0.2, -0.15) is 0 Å². The van der Waals surface area contributed by atoms with E-state index in [2.05, 4.69) is 149 Å². The number of hydrogen-bond donors (Lipinski definition) is 2. The number of carbonyl (C=O) groups excluding carboxylic acids is 4. The summed E-state index contributed by atoms with van der Waals surface area (Å²) in [6, 6.07) is 11.8. The summed E-state index contributed by atoms with van der Waals surface area (Å²) in [5.41, 5.74) is -0.647. The number of fused-ring (bicyclic) bond motifs is 8. The zero-order valence-corrected chi connectivity index (χ0v) is 89.5. The first kappa shape index (κ1) is 106. The van der Waals surface area contributed by atoms with E-state index in [1.54, 1.807) is 9.80 Å². The van der Waals surface area contributed by atoms with Gasteiger partial charge in [-0.05, 0) is 302 Å². The van der Waals surface area contributed by atoms with E-state index in [0.717, 1.165) is 81.5 Å². The molecule has 3 amide bonds. The molecule has 16 fully saturated rings. The van der Waals surface area contributed by atoms with Crippen LogP contribution in [0.25, 0.3) is 0 Å². The molecule has 10 saturated carbocycles. The van der Waals surface area contributed by atoms with Gasteiger partial charge in [-0.25, -0.2) is 19.2 Å². The predicted molar refractivity (Wildman–Crippen MR) is 513 cm³/mol. The summed E-state index contributed by atoms with van der Waals surface area (Å²) in [7, 11) is -4.05. The maximum Gasteiger partial charge on any atom is 0.410 e. The highest BCUT2D eigenvalue weighted by Crippen LogP contribution is 2.92. The predicted octanol–water partition coefficient (Wildman–Crippen LogP) is 18.8. The van der Waals surface area contributed by atoms with Crippen LogP contribution in [0.4, 0.5) is 24.9 Å². The van der Waals surface area contributed by atoms with E-state index in [4.69, 9.17) is 63.1 Å². The van der Waals surface area contributed by atoms with Crippen molar-refractivity contribution in [2.24, 2.45) is 113 Å². The largest absolute Gasteiger partial charge is 1.00 e. The molecule has 4 spiro atoms. The maximum atomic E-state index is 13.3. The van der Waals surface area contributed by atoms with Crippen molar-refractivity contribution in [1.29, 1.82) is 0 Å². The number of nitrogens with two attached hydrogens (primary N) is 1. The molecule has 6 saturated heterocycles. The topological polar surface area (TPSA) is 269 Å². The number of quaternary nitrogens is 1.